The zero-order chi connectivity index (χ0) is 17.7. The van der Waals surface area contributed by atoms with E-state index in [1.54, 1.807) is 0 Å². The van der Waals surface area contributed by atoms with Crippen molar-refractivity contribution in [3.8, 4) is 0 Å². The molecule has 1 heterocycles. The largest absolute Gasteiger partial charge is 0.389 e. The molecule has 3 heteroatoms. The predicted octanol–water partition coefficient (Wildman–Crippen LogP) is 3.64. The Morgan fingerprint density at radius 3 is 2.72 bits per heavy atom. The van der Waals surface area contributed by atoms with Gasteiger partial charge in [-0.1, -0.05) is 45.0 Å². The van der Waals surface area contributed by atoms with Gasteiger partial charge in [0.2, 0.25) is 0 Å². The summed E-state index contributed by atoms with van der Waals surface area (Å²) in [6.07, 6.45) is 4.89. The Morgan fingerprint density at radius 2 is 2.00 bits per heavy atom. The Morgan fingerprint density at radius 1 is 1.24 bits per heavy atom. The Bertz CT molecular complexity index is 623. The van der Waals surface area contributed by atoms with Crippen molar-refractivity contribution in [2.45, 2.75) is 65.2 Å². The predicted molar refractivity (Wildman–Crippen MR) is 100 cm³/mol. The van der Waals surface area contributed by atoms with Gasteiger partial charge in [0.1, 0.15) is 0 Å². The molecule has 0 amide bonds. The van der Waals surface area contributed by atoms with Gasteiger partial charge in [0.25, 0.3) is 0 Å². The molecule has 2 bridgehead atoms. The van der Waals surface area contributed by atoms with Crippen molar-refractivity contribution in [3.63, 3.8) is 0 Å². The third kappa shape index (κ3) is 3.15. The molecule has 138 valence electrons. The molecular formula is C22H33NO2. The van der Waals surface area contributed by atoms with Crippen molar-refractivity contribution < 1.29 is 9.84 Å². The Balaban J connectivity index is 1.31. The van der Waals surface area contributed by atoms with Gasteiger partial charge in [-0.15, -0.1) is 0 Å². The molecule has 1 N–H and O–H groups in total. The summed E-state index contributed by atoms with van der Waals surface area (Å²) in [5.74, 6) is 0.790. The molecule has 2 aliphatic carbocycles. The van der Waals surface area contributed by atoms with Crippen molar-refractivity contribution in [2.24, 2.45) is 16.7 Å². The summed E-state index contributed by atoms with van der Waals surface area (Å²) in [5, 5.41) is 10.6. The van der Waals surface area contributed by atoms with Crippen molar-refractivity contribution >= 4 is 0 Å². The quantitative estimate of drug-likeness (QED) is 0.886. The first-order chi connectivity index (χ1) is 11.9. The third-order valence-electron chi connectivity index (χ3n) is 7.27. The maximum atomic E-state index is 10.6. The smallest absolute Gasteiger partial charge is 0.0900 e. The van der Waals surface area contributed by atoms with Crippen LogP contribution in [0.1, 0.15) is 51.2 Å². The van der Waals surface area contributed by atoms with Crippen LogP contribution in [0.15, 0.2) is 24.3 Å². The number of aliphatic hydroxyl groups is 1. The maximum Gasteiger partial charge on any atom is 0.0900 e. The second kappa shape index (κ2) is 6.37. The van der Waals surface area contributed by atoms with E-state index in [0.717, 1.165) is 25.4 Å². The molecule has 1 aromatic rings. The highest BCUT2D eigenvalue weighted by molar-refractivity contribution is 5.29. The molecule has 0 aromatic heterocycles. The number of benzene rings is 1. The second-order valence-corrected chi connectivity index (χ2v) is 9.54. The lowest BCUT2D eigenvalue weighted by Gasteiger charge is -2.42. The first-order valence-corrected chi connectivity index (χ1v) is 9.97. The van der Waals surface area contributed by atoms with Crippen molar-refractivity contribution in [3.05, 3.63) is 35.4 Å². The zero-order valence-electron chi connectivity index (χ0n) is 16.0. The van der Waals surface area contributed by atoms with E-state index in [1.165, 1.54) is 30.4 Å². The average Bonchev–Trinajstić information content (AvgIpc) is 3.05. The number of rotatable bonds is 5. The molecule has 0 spiro atoms. The fourth-order valence-electron chi connectivity index (χ4n) is 5.94. The van der Waals surface area contributed by atoms with Crippen LogP contribution in [0.4, 0.5) is 0 Å². The highest BCUT2D eigenvalue weighted by atomic mass is 16.5. The summed E-state index contributed by atoms with van der Waals surface area (Å²) in [6.45, 7) is 10.3. The summed E-state index contributed by atoms with van der Waals surface area (Å²) in [5.41, 5.74) is 3.43. The molecule has 4 atom stereocenters. The van der Waals surface area contributed by atoms with Crippen molar-refractivity contribution in [1.29, 1.82) is 0 Å². The number of nitrogens with zero attached hydrogens (tertiary/aromatic N) is 1. The molecule has 1 aliphatic heterocycles. The van der Waals surface area contributed by atoms with Gasteiger partial charge in [0.05, 0.1) is 18.8 Å². The second-order valence-electron chi connectivity index (χ2n) is 9.54. The van der Waals surface area contributed by atoms with E-state index in [9.17, 15) is 5.11 Å². The number of hydrogen-bond donors (Lipinski definition) is 1. The third-order valence-corrected chi connectivity index (χ3v) is 7.27. The minimum atomic E-state index is -0.399. The van der Waals surface area contributed by atoms with E-state index in [4.69, 9.17) is 4.74 Å². The highest BCUT2D eigenvalue weighted by Gasteiger charge is 2.60. The van der Waals surface area contributed by atoms with E-state index < -0.39 is 6.10 Å². The lowest BCUT2D eigenvalue weighted by Crippen LogP contribution is -2.45. The first kappa shape index (κ1) is 17.5. The fourth-order valence-corrected chi connectivity index (χ4v) is 5.94. The van der Waals surface area contributed by atoms with Gasteiger partial charge >= 0.3 is 0 Å². The molecule has 25 heavy (non-hydrogen) atoms. The molecule has 0 unspecified atom stereocenters. The topological polar surface area (TPSA) is 32.7 Å². The molecule has 4 rings (SSSR count). The molecule has 2 fully saturated rings. The van der Waals surface area contributed by atoms with Crippen LogP contribution in [0.2, 0.25) is 0 Å². The van der Waals surface area contributed by atoms with Crippen LogP contribution in [0.25, 0.3) is 0 Å². The van der Waals surface area contributed by atoms with Gasteiger partial charge in [0.15, 0.2) is 0 Å². The van der Waals surface area contributed by atoms with Crippen LogP contribution in [-0.4, -0.2) is 41.9 Å². The van der Waals surface area contributed by atoms with Gasteiger partial charge < -0.3 is 9.84 Å². The number of fused-ring (bicyclic) bond motifs is 3. The summed E-state index contributed by atoms with van der Waals surface area (Å²) in [6, 6.07) is 8.67. The van der Waals surface area contributed by atoms with E-state index in [-0.39, 0.29) is 11.5 Å². The minimum absolute atomic E-state index is 0.247. The number of ether oxygens (including phenoxy) is 1. The lowest BCUT2D eigenvalue weighted by atomic mass is 9.70. The average molecular weight is 344 g/mol. The molecule has 1 aromatic carbocycles. The van der Waals surface area contributed by atoms with Crippen molar-refractivity contribution in [2.75, 3.05) is 19.7 Å². The Hall–Kier alpha value is -0.900. The van der Waals surface area contributed by atoms with Gasteiger partial charge in [0, 0.05) is 19.6 Å². The summed E-state index contributed by atoms with van der Waals surface area (Å²) < 4.78 is 6.35. The van der Waals surface area contributed by atoms with E-state index >= 15 is 0 Å². The SMILES string of the molecule is CC1(C)[C@@H]2CC[C@@](C)(C2)[C@@H]1OC[C@H](O)CN1CCc2ccccc2C1. The maximum absolute atomic E-state index is 10.6. The van der Waals surface area contributed by atoms with Crippen LogP contribution in [0, 0.1) is 16.7 Å². The minimum Gasteiger partial charge on any atom is -0.389 e. The molecule has 3 nitrogen and oxygen atoms in total. The number of aliphatic hydroxyl groups excluding tert-OH is 1. The first-order valence-electron chi connectivity index (χ1n) is 9.97. The number of β-amino-alcohol motifs (C(OH)–C–C–N with tert-alkyl or cyclic N) is 1. The van der Waals surface area contributed by atoms with Gasteiger partial charge in [-0.2, -0.15) is 0 Å². The molecule has 0 saturated heterocycles. The molecular weight excluding hydrogens is 310 g/mol. The van der Waals surface area contributed by atoms with Gasteiger partial charge in [-0.25, -0.2) is 0 Å². The highest BCUT2D eigenvalue weighted by Crippen LogP contribution is 2.63. The summed E-state index contributed by atoms with van der Waals surface area (Å²) in [7, 11) is 0. The van der Waals surface area contributed by atoms with Crippen molar-refractivity contribution in [1.82, 2.24) is 4.90 Å². The van der Waals surface area contributed by atoms with Crippen LogP contribution in [0.5, 0.6) is 0 Å². The fraction of sp³-hybridized carbons (Fsp3) is 0.727. The summed E-state index contributed by atoms with van der Waals surface area (Å²) in [4.78, 5) is 2.37. The Kier molecular flexibility index (Phi) is 4.46. The molecule has 2 saturated carbocycles. The van der Waals surface area contributed by atoms with E-state index in [0.29, 0.717) is 18.6 Å². The van der Waals surface area contributed by atoms with Gasteiger partial charge in [-0.05, 0) is 53.6 Å². The summed E-state index contributed by atoms with van der Waals surface area (Å²) >= 11 is 0. The van der Waals surface area contributed by atoms with Gasteiger partial charge in [-0.3, -0.25) is 4.90 Å². The monoisotopic (exact) mass is 343 g/mol. The van der Waals surface area contributed by atoms with Crippen LogP contribution in [0.3, 0.4) is 0 Å². The standard InChI is InChI=1S/C22H33NO2/c1-21(2)18-8-10-22(3,12-18)20(21)25-15-19(24)14-23-11-9-16-6-4-5-7-17(16)13-23/h4-7,18-20,24H,8-15H2,1-3H3/t18-,19-,20-,22+/m1/s1. The molecule has 0 radical (unpaired) electrons. The van der Waals surface area contributed by atoms with Crippen LogP contribution >= 0.6 is 0 Å². The number of hydrogen-bond acceptors (Lipinski definition) is 3. The van der Waals surface area contributed by atoms with E-state index in [1.807, 2.05) is 0 Å². The van der Waals surface area contributed by atoms with Crippen LogP contribution in [-0.2, 0) is 17.7 Å². The Labute approximate surface area is 152 Å². The normalized spacial score (nSPS) is 34.9. The molecule has 3 aliphatic rings. The lowest BCUT2D eigenvalue weighted by molar-refractivity contribution is -0.113. The van der Waals surface area contributed by atoms with Crippen LogP contribution < -0.4 is 0 Å². The zero-order valence-corrected chi connectivity index (χ0v) is 16.0. The van der Waals surface area contributed by atoms with E-state index in [2.05, 4.69) is 49.9 Å².